The number of nitrogens with one attached hydrogen (secondary N) is 4. The number of halogens is 1. The summed E-state index contributed by atoms with van der Waals surface area (Å²) in [7, 11) is 6.32. The van der Waals surface area contributed by atoms with E-state index in [0.29, 0.717) is 52.1 Å². The summed E-state index contributed by atoms with van der Waals surface area (Å²) in [5, 5.41) is 13.9. The molecule has 20 nitrogen and oxygen atoms in total. The van der Waals surface area contributed by atoms with Gasteiger partial charge in [0.05, 0.1) is 22.7 Å². The summed E-state index contributed by atoms with van der Waals surface area (Å²) < 4.78 is 0. The molecule has 0 atom stereocenters. The van der Waals surface area contributed by atoms with Gasteiger partial charge in [0.25, 0.3) is 0 Å². The van der Waals surface area contributed by atoms with Crippen LogP contribution in [-0.2, 0) is 0 Å². The van der Waals surface area contributed by atoms with Crippen LogP contribution in [0.1, 0.15) is 5.56 Å². The highest BCUT2D eigenvalue weighted by Gasteiger charge is 2.16. The molecule has 0 unspecified atom stereocenters. The van der Waals surface area contributed by atoms with Crippen molar-refractivity contribution in [2.75, 3.05) is 44.2 Å². The molecule has 0 aliphatic rings. The average Bonchev–Trinajstić information content (AvgIpc) is 3.71. The first-order valence-corrected chi connectivity index (χ1v) is 30.8. The molecule has 0 aliphatic carbocycles. The maximum absolute atomic E-state index is 6.04. The Balaban J connectivity index is 0.000000179. The summed E-state index contributed by atoms with van der Waals surface area (Å²) in [6.07, 6.45) is 0. The van der Waals surface area contributed by atoms with Gasteiger partial charge in [-0.1, -0.05) is 194 Å². The second-order valence-corrected chi connectivity index (χ2v) is 23.1. The third kappa shape index (κ3) is 15.4. The molecule has 86 heavy (non-hydrogen) atoms. The zero-order valence-corrected chi connectivity index (χ0v) is 49.3. The standard InChI is InChI=1S/C31H25ClN10S2.C30H24N10S2/c1-18-10-12-19(13-11-18)26-37-28(33)41-30(39-26)35-22-6-2-4-8-24(22)43-44-25-9-5-3-7-23(25)36-31-40-27(38-29(34)42-31)20-14-16-21(32)17-15-20;31-27-35-25(19-11-3-1-4-12-19)37-29(39-27)33-21-15-7-9-17-23(21)41-42-24-18-10-8-16-22(24)34-30-38-26(36-28(32)40-30)20-13-5-2-6-14-20/h2-17H,1H3,(H3,33,35,37,39,41)(H3,34,36,38,40,42);1-18H,(H3,31,33,35,37,39)(H3,32,34,36,38,40). The Hall–Kier alpha value is -10.1. The molecule has 0 amide bonds. The SMILES string of the molecule is Cc1ccc(-c2nc(N)nc(Nc3ccccc3SSc3ccccc3Nc3nc(N)nc(-c4ccc(Cl)cc4)n3)n2)cc1.Nc1nc(Nc2ccccc2SSc2ccccc2Nc2nc(N)nc(-c3ccccc3)n2)nc(-c2ccccc2)n1. The highest BCUT2D eigenvalue weighted by atomic mass is 35.5. The van der Waals surface area contributed by atoms with Crippen molar-refractivity contribution in [3.63, 3.8) is 0 Å². The van der Waals surface area contributed by atoms with Crippen LogP contribution in [0, 0.1) is 6.92 Å². The number of rotatable bonds is 18. The highest BCUT2D eigenvalue weighted by molar-refractivity contribution is 8.77. The molecular formula is C61H49ClN20S4. The molecule has 25 heteroatoms. The number of aryl methyl sites for hydroxylation is 1. The smallest absolute Gasteiger partial charge is 0.232 e. The number of hydrogen-bond acceptors (Lipinski definition) is 24. The molecule has 4 aromatic heterocycles. The largest absolute Gasteiger partial charge is 0.368 e. The average molecular weight is 1230 g/mol. The molecule has 0 radical (unpaired) electrons. The van der Waals surface area contributed by atoms with Gasteiger partial charge in [-0.15, -0.1) is 0 Å². The monoisotopic (exact) mass is 1220 g/mol. The van der Waals surface area contributed by atoms with E-state index in [4.69, 9.17) is 34.5 Å². The number of nitrogens with zero attached hydrogens (tertiary/aromatic N) is 12. The maximum atomic E-state index is 6.04. The minimum Gasteiger partial charge on any atom is -0.368 e. The lowest BCUT2D eigenvalue weighted by molar-refractivity contribution is 1.07. The van der Waals surface area contributed by atoms with Crippen molar-refractivity contribution in [1.82, 2.24) is 59.8 Å². The first-order valence-electron chi connectivity index (χ1n) is 26.1. The van der Waals surface area contributed by atoms with Crippen molar-refractivity contribution in [3.05, 3.63) is 217 Å². The zero-order chi connectivity index (χ0) is 59.2. The molecule has 8 aromatic carbocycles. The second-order valence-electron chi connectivity index (χ2n) is 18.3. The van der Waals surface area contributed by atoms with Crippen molar-refractivity contribution < 1.29 is 0 Å². The van der Waals surface area contributed by atoms with Gasteiger partial charge in [0.2, 0.25) is 47.6 Å². The minimum absolute atomic E-state index is 0.108. The number of anilines is 12. The number of nitrogen functional groups attached to an aromatic ring is 4. The van der Waals surface area contributed by atoms with E-state index in [2.05, 4.69) is 81.1 Å². The van der Waals surface area contributed by atoms with Crippen LogP contribution in [0.25, 0.3) is 45.6 Å². The van der Waals surface area contributed by atoms with Gasteiger partial charge in [0.15, 0.2) is 23.3 Å². The lowest BCUT2D eigenvalue weighted by Crippen LogP contribution is -2.05. The Labute approximate surface area is 514 Å². The number of aromatic nitrogens is 12. The molecule has 0 bridgehead atoms. The van der Waals surface area contributed by atoms with Crippen LogP contribution in [0.2, 0.25) is 5.02 Å². The molecule has 0 spiro atoms. The normalized spacial score (nSPS) is 10.8. The second kappa shape index (κ2) is 27.5. The van der Waals surface area contributed by atoms with Crippen LogP contribution in [0.3, 0.4) is 0 Å². The fourth-order valence-electron chi connectivity index (χ4n) is 8.02. The van der Waals surface area contributed by atoms with Gasteiger partial charge in [-0.25, -0.2) is 0 Å². The van der Waals surface area contributed by atoms with Crippen LogP contribution in [0.5, 0.6) is 0 Å². The number of para-hydroxylation sites is 4. The van der Waals surface area contributed by atoms with Gasteiger partial charge in [-0.05, 0) is 79.7 Å². The fraction of sp³-hybridized carbons (Fsp3) is 0.0164. The Kier molecular flexibility index (Phi) is 18.5. The van der Waals surface area contributed by atoms with E-state index in [1.807, 2.05) is 201 Å². The van der Waals surface area contributed by atoms with Gasteiger partial charge < -0.3 is 44.2 Å². The molecule has 12 N–H and O–H groups in total. The third-order valence-electron chi connectivity index (χ3n) is 12.1. The lowest BCUT2D eigenvalue weighted by atomic mass is 10.1. The number of benzene rings is 8. The van der Waals surface area contributed by atoms with Gasteiger partial charge in [-0.2, -0.15) is 59.8 Å². The Morgan fingerprint density at radius 1 is 0.279 bits per heavy atom. The van der Waals surface area contributed by atoms with Gasteiger partial charge >= 0.3 is 0 Å². The summed E-state index contributed by atoms with van der Waals surface area (Å²) >= 11 is 6.04. The van der Waals surface area contributed by atoms with Gasteiger partial charge in [-0.3, -0.25) is 0 Å². The van der Waals surface area contributed by atoms with E-state index in [9.17, 15) is 0 Å². The van der Waals surface area contributed by atoms with Crippen LogP contribution in [-0.4, -0.2) is 59.8 Å². The van der Waals surface area contributed by atoms with E-state index >= 15 is 0 Å². The molecule has 0 fully saturated rings. The molecule has 12 rings (SSSR count). The summed E-state index contributed by atoms with van der Waals surface area (Å²) in [5.41, 5.74) is 31.9. The zero-order valence-electron chi connectivity index (χ0n) is 45.3. The van der Waals surface area contributed by atoms with E-state index in [1.165, 1.54) is 0 Å². The minimum atomic E-state index is 0.108. The first kappa shape index (κ1) is 57.7. The predicted octanol–water partition coefficient (Wildman–Crippen LogP) is 14.6. The molecule has 4 heterocycles. The van der Waals surface area contributed by atoms with E-state index in [0.717, 1.165) is 70.1 Å². The summed E-state index contributed by atoms with van der Waals surface area (Å²) in [4.78, 5) is 56.7. The quantitative estimate of drug-likeness (QED) is 0.0370. The Morgan fingerprint density at radius 3 is 0.814 bits per heavy atom. The van der Waals surface area contributed by atoms with Gasteiger partial charge in [0, 0.05) is 46.9 Å². The van der Waals surface area contributed by atoms with E-state index < -0.39 is 0 Å². The summed E-state index contributed by atoms with van der Waals surface area (Å²) in [5.74, 6) is 3.88. The van der Waals surface area contributed by atoms with Crippen LogP contribution in [0.15, 0.2) is 226 Å². The summed E-state index contributed by atoms with van der Waals surface area (Å²) in [6.45, 7) is 2.03. The maximum Gasteiger partial charge on any atom is 0.232 e. The van der Waals surface area contributed by atoms with Gasteiger partial charge in [0.1, 0.15) is 0 Å². The molecule has 0 saturated heterocycles. The lowest BCUT2D eigenvalue weighted by Gasteiger charge is -2.13. The Bertz CT molecular complexity index is 4020. The van der Waals surface area contributed by atoms with Crippen LogP contribution in [0.4, 0.5) is 70.3 Å². The van der Waals surface area contributed by atoms with Crippen molar-refractivity contribution in [2.24, 2.45) is 0 Å². The van der Waals surface area contributed by atoms with Crippen LogP contribution >= 0.6 is 54.8 Å². The summed E-state index contributed by atoms with van der Waals surface area (Å²) in [6, 6.07) is 66.1. The highest BCUT2D eigenvalue weighted by Crippen LogP contribution is 2.46. The molecule has 0 saturated carbocycles. The number of hydrogen-bond donors (Lipinski definition) is 8. The van der Waals surface area contributed by atoms with E-state index in [1.54, 1.807) is 55.3 Å². The van der Waals surface area contributed by atoms with Crippen LogP contribution < -0.4 is 44.2 Å². The topological polar surface area (TPSA) is 307 Å². The molecule has 0 aliphatic heterocycles. The predicted molar refractivity (Wildman–Crippen MR) is 351 cm³/mol. The molecule has 12 aromatic rings. The molecular weight excluding hydrogens is 1180 g/mol. The fourth-order valence-corrected chi connectivity index (χ4v) is 12.7. The van der Waals surface area contributed by atoms with Crippen molar-refractivity contribution in [2.45, 2.75) is 26.5 Å². The number of nitrogens with two attached hydrogens (primary N) is 4. The third-order valence-corrected chi connectivity index (χ3v) is 17.3. The van der Waals surface area contributed by atoms with E-state index in [-0.39, 0.29) is 23.8 Å². The van der Waals surface area contributed by atoms with Crippen molar-refractivity contribution >= 4 is 125 Å². The first-order chi connectivity index (χ1) is 42.0. The Morgan fingerprint density at radius 2 is 0.523 bits per heavy atom. The van der Waals surface area contributed by atoms with Crippen molar-refractivity contribution in [1.29, 1.82) is 0 Å². The molecule has 424 valence electrons. The van der Waals surface area contributed by atoms with Crippen molar-refractivity contribution in [3.8, 4) is 45.6 Å².